The molecule has 1 aliphatic heterocycles. The van der Waals surface area contributed by atoms with Gasteiger partial charge in [0.2, 0.25) is 0 Å². The second-order valence-electron chi connectivity index (χ2n) is 6.54. The molecular weight excluding hydrogens is 288 g/mol. The van der Waals surface area contributed by atoms with Crippen molar-refractivity contribution in [2.45, 2.75) is 44.1 Å². The summed E-state index contributed by atoms with van der Waals surface area (Å²) in [5.74, 6) is 0.514. The van der Waals surface area contributed by atoms with Crippen LogP contribution in [0.2, 0.25) is 0 Å². The Morgan fingerprint density at radius 2 is 2.17 bits per heavy atom. The molecule has 1 aromatic carbocycles. The molecule has 2 aromatic rings. The number of benzene rings is 1. The number of carbonyl (C=O) groups is 1. The lowest BCUT2D eigenvalue weighted by atomic mass is 9.91. The lowest BCUT2D eigenvalue weighted by molar-refractivity contribution is 0.240. The fraction of sp³-hybridized carbons (Fsp3) is 0.444. The maximum atomic E-state index is 12.0. The summed E-state index contributed by atoms with van der Waals surface area (Å²) in [5.41, 5.74) is 3.29. The van der Waals surface area contributed by atoms with Gasteiger partial charge in [0.1, 0.15) is 0 Å². The Hall–Kier alpha value is -2.30. The van der Waals surface area contributed by atoms with Crippen LogP contribution in [0.5, 0.6) is 0 Å². The van der Waals surface area contributed by atoms with Crippen LogP contribution in [0.4, 0.5) is 10.5 Å². The highest BCUT2D eigenvalue weighted by atomic mass is 16.2. The number of fused-ring (bicyclic) bond motifs is 1. The number of nitrogens with zero attached hydrogens (tertiary/aromatic N) is 1. The predicted molar refractivity (Wildman–Crippen MR) is 93.4 cm³/mol. The molecule has 1 unspecified atom stereocenters. The molecule has 5 heteroatoms. The third kappa shape index (κ3) is 2.96. The van der Waals surface area contributed by atoms with Gasteiger partial charge in [-0.2, -0.15) is 0 Å². The van der Waals surface area contributed by atoms with E-state index in [0.717, 1.165) is 43.4 Å². The molecule has 120 valence electrons. The minimum atomic E-state index is -0.101. The van der Waals surface area contributed by atoms with Crippen molar-refractivity contribution < 1.29 is 4.79 Å². The average molecular weight is 310 g/mol. The molecule has 1 fully saturated rings. The zero-order valence-electron chi connectivity index (χ0n) is 13.1. The minimum absolute atomic E-state index is 0.101. The summed E-state index contributed by atoms with van der Waals surface area (Å²) in [6.07, 6.45) is 9.62. The number of nitrogens with one attached hydrogen (secondary N) is 3. The van der Waals surface area contributed by atoms with E-state index >= 15 is 0 Å². The summed E-state index contributed by atoms with van der Waals surface area (Å²) >= 11 is 0. The molecule has 1 aromatic heterocycles. The molecule has 0 radical (unpaired) electrons. The maximum absolute atomic E-state index is 12.0. The fourth-order valence-electron chi connectivity index (χ4n) is 3.39. The van der Waals surface area contributed by atoms with Crippen LogP contribution in [0.1, 0.15) is 43.6 Å². The van der Waals surface area contributed by atoms with E-state index in [1.54, 1.807) is 0 Å². The van der Waals surface area contributed by atoms with Crippen molar-refractivity contribution >= 4 is 28.8 Å². The van der Waals surface area contributed by atoms with Crippen molar-refractivity contribution in [3.8, 4) is 0 Å². The quantitative estimate of drug-likeness (QED) is 0.793. The van der Waals surface area contributed by atoms with Crippen LogP contribution in [0.25, 0.3) is 10.9 Å². The Morgan fingerprint density at radius 3 is 2.91 bits per heavy atom. The van der Waals surface area contributed by atoms with E-state index in [1.165, 1.54) is 17.4 Å². The number of aromatic nitrogens is 1. The predicted octanol–water partition coefficient (Wildman–Crippen LogP) is 3.79. The first-order valence-electron chi connectivity index (χ1n) is 8.46. The van der Waals surface area contributed by atoms with E-state index in [4.69, 9.17) is 0 Å². The van der Waals surface area contributed by atoms with Crippen LogP contribution < -0.4 is 10.6 Å². The number of aromatic amines is 1. The summed E-state index contributed by atoms with van der Waals surface area (Å²) in [6, 6.07) is 6.31. The van der Waals surface area contributed by atoms with Gasteiger partial charge in [-0.3, -0.25) is 4.99 Å². The van der Waals surface area contributed by atoms with E-state index < -0.39 is 0 Å². The summed E-state index contributed by atoms with van der Waals surface area (Å²) < 4.78 is 0. The molecule has 2 aliphatic rings. The van der Waals surface area contributed by atoms with Crippen LogP contribution in [0, 0.1) is 0 Å². The molecule has 2 amide bonds. The Kier molecular flexibility index (Phi) is 3.77. The molecule has 2 heterocycles. The monoisotopic (exact) mass is 310 g/mol. The Morgan fingerprint density at radius 1 is 1.26 bits per heavy atom. The molecule has 3 N–H and O–H groups in total. The molecular formula is C18H22N4O. The van der Waals surface area contributed by atoms with Crippen LogP contribution in [-0.2, 0) is 0 Å². The van der Waals surface area contributed by atoms with Gasteiger partial charge in [0.05, 0.1) is 0 Å². The SMILES string of the molecule is O=C(Nc1ccc2[nH]cc(C3CC=NCC3)c2c1)NC1CCC1. The number of hydrogen-bond donors (Lipinski definition) is 3. The molecule has 1 aliphatic carbocycles. The molecule has 0 spiro atoms. The molecule has 1 atom stereocenters. The topological polar surface area (TPSA) is 69.3 Å². The molecule has 23 heavy (non-hydrogen) atoms. The number of urea groups is 1. The molecule has 5 nitrogen and oxygen atoms in total. The molecule has 0 saturated heterocycles. The second kappa shape index (κ2) is 6.07. The largest absolute Gasteiger partial charge is 0.361 e. The van der Waals surface area contributed by atoms with E-state index in [1.807, 2.05) is 18.3 Å². The van der Waals surface area contributed by atoms with Crippen molar-refractivity contribution in [3.05, 3.63) is 30.0 Å². The molecule has 1 saturated carbocycles. The van der Waals surface area contributed by atoms with Gasteiger partial charge in [-0.05, 0) is 68.0 Å². The molecule has 4 rings (SSSR count). The minimum Gasteiger partial charge on any atom is -0.361 e. The van der Waals surface area contributed by atoms with Crippen molar-refractivity contribution in [1.82, 2.24) is 10.3 Å². The van der Waals surface area contributed by atoms with Crippen molar-refractivity contribution in [3.63, 3.8) is 0 Å². The lowest BCUT2D eigenvalue weighted by Crippen LogP contribution is -2.41. The fourth-order valence-corrected chi connectivity index (χ4v) is 3.39. The highest BCUT2D eigenvalue weighted by Gasteiger charge is 2.20. The standard InChI is InChI=1S/C18H22N4O/c23-18(21-13-2-1-3-13)22-14-4-5-17-15(10-14)16(11-20-17)12-6-8-19-9-7-12/h4-5,8,10-13,20H,1-3,6-7,9H2,(H2,21,22,23). The summed E-state index contributed by atoms with van der Waals surface area (Å²) in [5, 5.41) is 7.17. The average Bonchev–Trinajstić information content (AvgIpc) is 2.95. The summed E-state index contributed by atoms with van der Waals surface area (Å²) in [6.45, 7) is 0.902. The molecule has 0 bridgehead atoms. The number of hydrogen-bond acceptors (Lipinski definition) is 2. The van der Waals surface area contributed by atoms with E-state index in [2.05, 4.69) is 32.9 Å². The first-order chi connectivity index (χ1) is 11.3. The highest BCUT2D eigenvalue weighted by molar-refractivity contribution is 5.94. The Balaban J connectivity index is 1.54. The van der Waals surface area contributed by atoms with E-state index in [0.29, 0.717) is 12.0 Å². The van der Waals surface area contributed by atoms with Crippen LogP contribution in [0.15, 0.2) is 29.4 Å². The van der Waals surface area contributed by atoms with Gasteiger partial charge in [0.25, 0.3) is 0 Å². The van der Waals surface area contributed by atoms with Gasteiger partial charge in [0.15, 0.2) is 0 Å². The van der Waals surface area contributed by atoms with Gasteiger partial charge in [0, 0.05) is 35.4 Å². The number of rotatable bonds is 3. The zero-order chi connectivity index (χ0) is 15.6. The van der Waals surface area contributed by atoms with Crippen molar-refractivity contribution in [2.24, 2.45) is 4.99 Å². The van der Waals surface area contributed by atoms with Gasteiger partial charge >= 0.3 is 6.03 Å². The van der Waals surface area contributed by atoms with Crippen LogP contribution >= 0.6 is 0 Å². The van der Waals surface area contributed by atoms with E-state index in [9.17, 15) is 4.79 Å². The normalized spacial score (nSPS) is 21.1. The summed E-state index contributed by atoms with van der Waals surface area (Å²) in [4.78, 5) is 19.7. The number of H-pyrrole nitrogens is 1. The van der Waals surface area contributed by atoms with Crippen LogP contribution in [-0.4, -0.2) is 29.8 Å². The highest BCUT2D eigenvalue weighted by Crippen LogP contribution is 2.32. The first-order valence-corrected chi connectivity index (χ1v) is 8.46. The first kappa shape index (κ1) is 14.3. The third-order valence-electron chi connectivity index (χ3n) is 4.98. The second-order valence-corrected chi connectivity index (χ2v) is 6.54. The number of anilines is 1. The van der Waals surface area contributed by atoms with Gasteiger partial charge in [-0.1, -0.05) is 0 Å². The van der Waals surface area contributed by atoms with Gasteiger partial charge in [-0.15, -0.1) is 0 Å². The van der Waals surface area contributed by atoms with Gasteiger partial charge in [-0.25, -0.2) is 4.79 Å². The smallest absolute Gasteiger partial charge is 0.319 e. The number of amides is 2. The van der Waals surface area contributed by atoms with E-state index in [-0.39, 0.29) is 6.03 Å². The third-order valence-corrected chi connectivity index (χ3v) is 4.98. The van der Waals surface area contributed by atoms with Crippen LogP contribution in [0.3, 0.4) is 0 Å². The Labute approximate surface area is 135 Å². The van der Waals surface area contributed by atoms with Gasteiger partial charge < -0.3 is 15.6 Å². The van der Waals surface area contributed by atoms with Crippen molar-refractivity contribution in [2.75, 3.05) is 11.9 Å². The number of aliphatic imine (C=N–C) groups is 1. The lowest BCUT2D eigenvalue weighted by Gasteiger charge is -2.26. The van der Waals surface area contributed by atoms with Crippen molar-refractivity contribution in [1.29, 1.82) is 0 Å². The zero-order valence-corrected chi connectivity index (χ0v) is 13.1. The maximum Gasteiger partial charge on any atom is 0.319 e. The number of carbonyl (C=O) groups excluding carboxylic acids is 1. The summed E-state index contributed by atoms with van der Waals surface area (Å²) in [7, 11) is 0. The Bertz CT molecular complexity index is 745.